The molecule has 6 nitrogen and oxygen atoms in total. The number of aryl methyl sites for hydroxylation is 2. The summed E-state index contributed by atoms with van der Waals surface area (Å²) in [5.41, 5.74) is 3.27. The second-order valence-corrected chi connectivity index (χ2v) is 6.87. The first-order valence-corrected chi connectivity index (χ1v) is 9.25. The van der Waals surface area contributed by atoms with Gasteiger partial charge in [-0.05, 0) is 45.0 Å². The lowest BCUT2D eigenvalue weighted by Crippen LogP contribution is -2.31. The number of aromatic nitrogens is 1. The van der Waals surface area contributed by atoms with Gasteiger partial charge >= 0.3 is 0 Å². The van der Waals surface area contributed by atoms with Crippen molar-refractivity contribution in [1.29, 1.82) is 0 Å². The van der Waals surface area contributed by atoms with E-state index in [1.54, 1.807) is 23.2 Å². The van der Waals surface area contributed by atoms with Crippen LogP contribution in [0.3, 0.4) is 0 Å². The van der Waals surface area contributed by atoms with Crippen LogP contribution in [0.2, 0.25) is 0 Å². The molecule has 0 saturated carbocycles. The number of hydrogen-bond acceptors (Lipinski definition) is 4. The molecular formula is C21H25N3O3. The van der Waals surface area contributed by atoms with E-state index >= 15 is 0 Å². The number of likely N-dealkylation sites (tertiary alicyclic amines) is 1. The van der Waals surface area contributed by atoms with Crippen LogP contribution in [0.5, 0.6) is 5.88 Å². The minimum Gasteiger partial charge on any atom is -0.472 e. The summed E-state index contributed by atoms with van der Waals surface area (Å²) in [5, 5.41) is 2.76. The van der Waals surface area contributed by atoms with Crippen LogP contribution in [0.15, 0.2) is 36.5 Å². The molecule has 1 fully saturated rings. The zero-order chi connectivity index (χ0) is 19.4. The fourth-order valence-electron chi connectivity index (χ4n) is 3.36. The number of ether oxygens (including phenoxy) is 1. The van der Waals surface area contributed by atoms with Crippen molar-refractivity contribution in [3.8, 4) is 5.88 Å². The molecule has 2 amide bonds. The molecule has 0 aliphatic carbocycles. The fraction of sp³-hybridized carbons (Fsp3) is 0.381. The maximum atomic E-state index is 12.8. The Kier molecular flexibility index (Phi) is 5.74. The lowest BCUT2D eigenvalue weighted by Gasteiger charge is -2.18. The molecule has 0 bridgehead atoms. The number of amides is 2. The van der Waals surface area contributed by atoms with E-state index in [-0.39, 0.29) is 17.9 Å². The molecule has 1 aliphatic rings. The highest BCUT2D eigenvalue weighted by atomic mass is 16.5. The Bertz CT molecular complexity index is 830. The fourth-order valence-corrected chi connectivity index (χ4v) is 3.36. The zero-order valence-corrected chi connectivity index (χ0v) is 16.0. The van der Waals surface area contributed by atoms with Crippen LogP contribution in [0.4, 0.5) is 0 Å². The average Bonchev–Trinajstić information content (AvgIpc) is 3.09. The summed E-state index contributed by atoms with van der Waals surface area (Å²) in [5.74, 6) is 0.119. The molecule has 0 radical (unpaired) electrons. The van der Waals surface area contributed by atoms with Crippen LogP contribution in [0, 0.1) is 13.8 Å². The molecule has 1 unspecified atom stereocenters. The van der Waals surface area contributed by atoms with Gasteiger partial charge in [0, 0.05) is 31.3 Å². The van der Waals surface area contributed by atoms with Gasteiger partial charge in [-0.3, -0.25) is 9.59 Å². The second kappa shape index (κ2) is 8.20. The Balaban J connectivity index is 1.68. The lowest BCUT2D eigenvalue weighted by atomic mass is 10.1. The summed E-state index contributed by atoms with van der Waals surface area (Å²) >= 11 is 0. The van der Waals surface area contributed by atoms with Crippen molar-refractivity contribution in [3.63, 3.8) is 0 Å². The second-order valence-electron chi connectivity index (χ2n) is 6.87. The number of benzene rings is 1. The molecule has 0 spiro atoms. The standard InChI is InChI=1S/C21H25N3O3/c1-4-22-19(25)18-6-5-8-23-20(18)27-17-7-9-24(13-17)21(26)16-11-14(2)10-15(3)12-16/h5-6,8,10-12,17H,4,7,9,13H2,1-3H3,(H,22,25). The van der Waals surface area contributed by atoms with Gasteiger partial charge in [0.2, 0.25) is 5.88 Å². The predicted molar refractivity (Wildman–Crippen MR) is 103 cm³/mol. The summed E-state index contributed by atoms with van der Waals surface area (Å²) in [6, 6.07) is 9.28. The predicted octanol–water partition coefficient (Wildman–Crippen LogP) is 2.74. The molecule has 2 aromatic rings. The SMILES string of the molecule is CCNC(=O)c1cccnc1OC1CCN(C(=O)c2cc(C)cc(C)c2)C1. The van der Waals surface area contributed by atoms with Gasteiger partial charge in [0.05, 0.1) is 6.54 Å². The van der Waals surface area contributed by atoms with Gasteiger partial charge in [-0.1, -0.05) is 17.2 Å². The van der Waals surface area contributed by atoms with Gasteiger partial charge in [-0.15, -0.1) is 0 Å². The number of carbonyl (C=O) groups is 2. The lowest BCUT2D eigenvalue weighted by molar-refractivity contribution is 0.0768. The van der Waals surface area contributed by atoms with Crippen LogP contribution >= 0.6 is 0 Å². The van der Waals surface area contributed by atoms with Gasteiger partial charge in [-0.2, -0.15) is 0 Å². The van der Waals surface area contributed by atoms with Gasteiger partial charge in [0.15, 0.2) is 0 Å². The molecule has 6 heteroatoms. The Morgan fingerprint density at radius 3 is 2.70 bits per heavy atom. The topological polar surface area (TPSA) is 71.5 Å². The molecule has 142 valence electrons. The first kappa shape index (κ1) is 18.9. The van der Waals surface area contributed by atoms with Crippen LogP contribution in [-0.2, 0) is 0 Å². The van der Waals surface area contributed by atoms with Gasteiger partial charge in [0.25, 0.3) is 11.8 Å². The van der Waals surface area contributed by atoms with Crippen molar-refractivity contribution >= 4 is 11.8 Å². The molecule has 3 rings (SSSR count). The van der Waals surface area contributed by atoms with Crippen molar-refractivity contribution in [2.24, 2.45) is 0 Å². The Hall–Kier alpha value is -2.89. The van der Waals surface area contributed by atoms with E-state index in [2.05, 4.69) is 16.4 Å². The maximum absolute atomic E-state index is 12.8. The number of nitrogens with one attached hydrogen (secondary N) is 1. The summed E-state index contributed by atoms with van der Waals surface area (Å²) < 4.78 is 5.97. The van der Waals surface area contributed by atoms with Crippen molar-refractivity contribution in [2.75, 3.05) is 19.6 Å². The molecule has 1 atom stereocenters. The Labute approximate surface area is 159 Å². The molecule has 1 aliphatic heterocycles. The van der Waals surface area contributed by atoms with E-state index in [1.165, 1.54) is 0 Å². The smallest absolute Gasteiger partial charge is 0.256 e. The number of hydrogen-bond donors (Lipinski definition) is 1. The highest BCUT2D eigenvalue weighted by Crippen LogP contribution is 2.22. The van der Waals surface area contributed by atoms with Gasteiger partial charge < -0.3 is 15.0 Å². The van der Waals surface area contributed by atoms with E-state index in [9.17, 15) is 9.59 Å². The molecular weight excluding hydrogens is 342 g/mol. The van der Waals surface area contributed by atoms with E-state index in [4.69, 9.17) is 4.74 Å². The summed E-state index contributed by atoms with van der Waals surface area (Å²) in [6.07, 6.45) is 2.14. The first-order valence-electron chi connectivity index (χ1n) is 9.25. The maximum Gasteiger partial charge on any atom is 0.256 e. The molecule has 1 saturated heterocycles. The van der Waals surface area contributed by atoms with E-state index < -0.39 is 0 Å². The van der Waals surface area contributed by atoms with Crippen LogP contribution in [0.1, 0.15) is 45.2 Å². The first-order chi connectivity index (χ1) is 13.0. The van der Waals surface area contributed by atoms with Crippen LogP contribution in [0.25, 0.3) is 0 Å². The minimum atomic E-state index is -0.207. The highest BCUT2D eigenvalue weighted by Gasteiger charge is 2.29. The number of rotatable bonds is 5. The number of nitrogens with zero attached hydrogens (tertiary/aromatic N) is 2. The van der Waals surface area contributed by atoms with Crippen molar-refractivity contribution in [3.05, 3.63) is 58.8 Å². The van der Waals surface area contributed by atoms with Gasteiger partial charge in [0.1, 0.15) is 11.7 Å². The monoisotopic (exact) mass is 367 g/mol. The number of carbonyl (C=O) groups excluding carboxylic acids is 2. The third kappa shape index (κ3) is 4.45. The average molecular weight is 367 g/mol. The normalized spacial score (nSPS) is 16.3. The molecule has 2 heterocycles. The van der Waals surface area contributed by atoms with Crippen LogP contribution < -0.4 is 10.1 Å². The Morgan fingerprint density at radius 1 is 1.26 bits per heavy atom. The quantitative estimate of drug-likeness (QED) is 0.882. The van der Waals surface area contributed by atoms with Crippen LogP contribution in [-0.4, -0.2) is 47.4 Å². The van der Waals surface area contributed by atoms with Gasteiger partial charge in [-0.25, -0.2) is 4.98 Å². The summed E-state index contributed by atoms with van der Waals surface area (Å²) in [6.45, 7) is 7.49. The highest BCUT2D eigenvalue weighted by molar-refractivity contribution is 5.96. The summed E-state index contributed by atoms with van der Waals surface area (Å²) in [4.78, 5) is 31.0. The van der Waals surface area contributed by atoms with Crippen molar-refractivity contribution in [1.82, 2.24) is 15.2 Å². The largest absolute Gasteiger partial charge is 0.472 e. The summed E-state index contributed by atoms with van der Waals surface area (Å²) in [7, 11) is 0. The molecule has 1 aromatic carbocycles. The zero-order valence-electron chi connectivity index (χ0n) is 16.0. The molecule has 1 N–H and O–H groups in total. The van der Waals surface area contributed by atoms with E-state index in [0.29, 0.717) is 43.1 Å². The minimum absolute atomic E-state index is 0.0119. The third-order valence-corrected chi connectivity index (χ3v) is 4.53. The van der Waals surface area contributed by atoms with Crippen molar-refractivity contribution < 1.29 is 14.3 Å². The van der Waals surface area contributed by atoms with Crippen molar-refractivity contribution in [2.45, 2.75) is 33.3 Å². The Morgan fingerprint density at radius 2 is 2.00 bits per heavy atom. The third-order valence-electron chi connectivity index (χ3n) is 4.53. The van der Waals surface area contributed by atoms with E-state index in [0.717, 1.165) is 11.1 Å². The number of pyridine rings is 1. The molecule has 1 aromatic heterocycles. The molecule has 27 heavy (non-hydrogen) atoms. The van der Waals surface area contributed by atoms with E-state index in [1.807, 2.05) is 32.9 Å².